The Morgan fingerprint density at radius 2 is 0.839 bits per heavy atom. The first kappa shape index (κ1) is 35.7. The number of hydrogen-bond donors (Lipinski definition) is 0. The van der Waals surface area contributed by atoms with Gasteiger partial charge in [-0.1, -0.05) is 163 Å². The second-order valence-corrected chi connectivity index (χ2v) is 18.5. The van der Waals surface area contributed by atoms with Crippen LogP contribution < -0.4 is 9.80 Å². The van der Waals surface area contributed by atoms with Gasteiger partial charge in [0, 0.05) is 31.0 Å². The van der Waals surface area contributed by atoms with E-state index < -0.39 is 0 Å². The molecule has 0 aromatic heterocycles. The minimum absolute atomic E-state index is 1.05. The van der Waals surface area contributed by atoms with Gasteiger partial charge in [-0.15, -0.1) is 0 Å². The molecule has 0 fully saturated rings. The summed E-state index contributed by atoms with van der Waals surface area (Å²) < 4.78 is 0. The predicted octanol–water partition coefficient (Wildman–Crippen LogP) is 17.4. The monoisotopic (exact) mass is 826 g/mol. The van der Waals surface area contributed by atoms with E-state index >= 15 is 0 Å². The summed E-state index contributed by atoms with van der Waals surface area (Å²) in [5, 5.41) is 9.91. The maximum atomic E-state index is 2.51. The summed E-state index contributed by atoms with van der Waals surface area (Å²) in [5.41, 5.74) is 12.2. The van der Waals surface area contributed by atoms with E-state index in [1.54, 1.807) is 0 Å². The first-order valence-corrected chi connectivity index (χ1v) is 23.0. The zero-order valence-electron chi connectivity index (χ0n) is 33.8. The third-order valence-electron chi connectivity index (χ3n) is 12.8. The lowest BCUT2D eigenvalue weighted by Crippen LogP contribution is -2.21. The molecule has 0 spiro atoms. The van der Waals surface area contributed by atoms with Crippen LogP contribution in [-0.2, 0) is 0 Å². The van der Waals surface area contributed by atoms with Crippen LogP contribution in [0.25, 0.3) is 65.3 Å². The zero-order chi connectivity index (χ0) is 40.7. The standard InChI is InChI=1S/C58H38N2S2/c1-3-19-41-37(15-1)17-13-21-43(41)57-45-33-31-40(60-51-25-7-11-29-55(51)62-56-30-12-8-26-52(56)60)36-48(45)58(44-22-14-18-38-16-2-4-20-42(38)44)46-34-32-39(35-47(46)57)59-49-23-5-9-27-53(49)61-54-28-10-6-24-50(54)59/h1-11,13-29,31-36H,12,30H2. The summed E-state index contributed by atoms with van der Waals surface area (Å²) in [4.78, 5) is 10.2. The van der Waals surface area contributed by atoms with Crippen molar-refractivity contribution in [2.75, 3.05) is 9.80 Å². The number of benzene rings is 10. The molecule has 0 unspecified atom stereocenters. The van der Waals surface area contributed by atoms with Crippen molar-refractivity contribution in [2.45, 2.75) is 27.5 Å². The molecule has 62 heavy (non-hydrogen) atoms. The molecule has 4 heteroatoms. The fraction of sp³-hybridized carbons (Fsp3) is 0.0345. The largest absolute Gasteiger partial charge is 0.309 e. The Kier molecular flexibility index (Phi) is 8.25. The van der Waals surface area contributed by atoms with Crippen molar-refractivity contribution in [1.82, 2.24) is 0 Å². The van der Waals surface area contributed by atoms with Gasteiger partial charge in [-0.05, 0) is 145 Å². The molecule has 0 bridgehead atoms. The van der Waals surface area contributed by atoms with E-state index in [-0.39, 0.29) is 0 Å². The lowest BCUT2D eigenvalue weighted by molar-refractivity contribution is 0.969. The molecule has 3 aliphatic rings. The SMILES string of the molecule is C1=CC2=C(CC1)Sc1ccccc1N2c1ccc2c(-c3cccc4ccccc34)c3cc(N4c5ccccc5Sc5ccccc54)ccc3c(-c3cccc4ccccc34)c2c1. The third-order valence-corrected chi connectivity index (χ3v) is 15.2. The van der Waals surface area contributed by atoms with Crippen LogP contribution in [0.5, 0.6) is 0 Å². The van der Waals surface area contributed by atoms with Crippen LogP contribution >= 0.6 is 23.5 Å². The molecule has 292 valence electrons. The minimum Gasteiger partial charge on any atom is -0.309 e. The van der Waals surface area contributed by atoms with E-state index in [4.69, 9.17) is 0 Å². The number of nitrogens with zero attached hydrogens (tertiary/aromatic N) is 2. The van der Waals surface area contributed by atoms with E-state index in [1.807, 2.05) is 23.5 Å². The molecule has 0 radical (unpaired) electrons. The van der Waals surface area contributed by atoms with Crippen LogP contribution in [0.1, 0.15) is 12.8 Å². The Morgan fingerprint density at radius 1 is 0.371 bits per heavy atom. The van der Waals surface area contributed by atoms with Gasteiger partial charge in [-0.3, -0.25) is 0 Å². The molecular weight excluding hydrogens is 789 g/mol. The van der Waals surface area contributed by atoms with E-state index in [1.165, 1.54) is 113 Å². The van der Waals surface area contributed by atoms with E-state index in [0.29, 0.717) is 0 Å². The summed E-state index contributed by atoms with van der Waals surface area (Å²) in [7, 11) is 0. The molecule has 2 aliphatic heterocycles. The van der Waals surface area contributed by atoms with Crippen molar-refractivity contribution in [3.8, 4) is 22.3 Å². The van der Waals surface area contributed by atoms with Crippen molar-refractivity contribution >= 4 is 95.1 Å². The highest BCUT2D eigenvalue weighted by molar-refractivity contribution is 8.03. The Bertz CT molecular complexity index is 3510. The van der Waals surface area contributed by atoms with Gasteiger partial charge in [-0.25, -0.2) is 0 Å². The minimum atomic E-state index is 1.05. The first-order valence-electron chi connectivity index (χ1n) is 21.4. The van der Waals surface area contributed by atoms with Crippen molar-refractivity contribution in [3.63, 3.8) is 0 Å². The molecule has 0 saturated carbocycles. The van der Waals surface area contributed by atoms with E-state index in [0.717, 1.165) is 18.5 Å². The van der Waals surface area contributed by atoms with Crippen LogP contribution in [0.2, 0.25) is 0 Å². The Morgan fingerprint density at radius 3 is 1.42 bits per heavy atom. The van der Waals surface area contributed by atoms with Gasteiger partial charge in [0.05, 0.1) is 22.8 Å². The summed E-state index contributed by atoms with van der Waals surface area (Å²) in [6.45, 7) is 0. The van der Waals surface area contributed by atoms with Crippen molar-refractivity contribution in [3.05, 3.63) is 217 Å². The molecule has 10 aromatic carbocycles. The summed E-state index contributed by atoms with van der Waals surface area (Å²) in [5.74, 6) is 0. The van der Waals surface area contributed by atoms with Crippen LogP contribution in [0, 0.1) is 0 Å². The number of para-hydroxylation sites is 3. The average Bonchev–Trinajstić information content (AvgIpc) is 3.33. The van der Waals surface area contributed by atoms with Gasteiger partial charge in [0.1, 0.15) is 0 Å². The predicted molar refractivity (Wildman–Crippen MR) is 266 cm³/mol. The molecule has 2 heterocycles. The van der Waals surface area contributed by atoms with Gasteiger partial charge >= 0.3 is 0 Å². The molecule has 0 N–H and O–H groups in total. The number of anilines is 5. The Balaban J connectivity index is 1.18. The lowest BCUT2D eigenvalue weighted by atomic mass is 9.83. The van der Waals surface area contributed by atoms with E-state index in [9.17, 15) is 0 Å². The molecule has 0 amide bonds. The second kappa shape index (κ2) is 14.3. The normalized spacial score (nSPS) is 14.3. The highest BCUT2D eigenvalue weighted by atomic mass is 32.2. The fourth-order valence-corrected chi connectivity index (χ4v) is 12.4. The number of rotatable bonds is 4. The van der Waals surface area contributed by atoms with Gasteiger partial charge < -0.3 is 9.80 Å². The Labute approximate surface area is 369 Å². The molecular formula is C58H38N2S2. The van der Waals surface area contributed by atoms with Crippen molar-refractivity contribution < 1.29 is 0 Å². The van der Waals surface area contributed by atoms with Crippen LogP contribution in [0.4, 0.5) is 28.4 Å². The maximum absolute atomic E-state index is 2.51. The van der Waals surface area contributed by atoms with Crippen LogP contribution in [0.3, 0.4) is 0 Å². The first-order chi connectivity index (χ1) is 30.8. The van der Waals surface area contributed by atoms with Crippen molar-refractivity contribution in [2.24, 2.45) is 0 Å². The van der Waals surface area contributed by atoms with Crippen molar-refractivity contribution in [1.29, 1.82) is 0 Å². The number of hydrogen-bond acceptors (Lipinski definition) is 4. The Hall–Kier alpha value is -6.98. The molecule has 2 nitrogen and oxygen atoms in total. The zero-order valence-corrected chi connectivity index (χ0v) is 35.4. The maximum Gasteiger partial charge on any atom is 0.0601 e. The van der Waals surface area contributed by atoms with Gasteiger partial charge in [0.15, 0.2) is 0 Å². The van der Waals surface area contributed by atoms with E-state index in [2.05, 4.69) is 216 Å². The molecule has 0 atom stereocenters. The summed E-state index contributed by atoms with van der Waals surface area (Å²) in [6.07, 6.45) is 6.81. The van der Waals surface area contributed by atoms with Crippen LogP contribution in [0.15, 0.2) is 232 Å². The highest BCUT2D eigenvalue weighted by Crippen LogP contribution is 2.55. The fourth-order valence-electron chi connectivity index (χ4n) is 10.1. The van der Waals surface area contributed by atoms with Crippen LogP contribution in [-0.4, -0.2) is 0 Å². The summed E-state index contributed by atoms with van der Waals surface area (Å²) in [6, 6.07) is 72.4. The molecule has 10 aromatic rings. The number of fused-ring (bicyclic) bond motifs is 7. The quantitative estimate of drug-likeness (QED) is 0.163. The number of thioether (sulfide) groups is 1. The van der Waals surface area contributed by atoms with Gasteiger partial charge in [0.2, 0.25) is 0 Å². The summed E-state index contributed by atoms with van der Waals surface area (Å²) >= 11 is 3.78. The smallest absolute Gasteiger partial charge is 0.0601 e. The molecule has 13 rings (SSSR count). The highest BCUT2D eigenvalue weighted by Gasteiger charge is 2.30. The molecule has 0 saturated heterocycles. The van der Waals surface area contributed by atoms with Gasteiger partial charge in [0.25, 0.3) is 0 Å². The topological polar surface area (TPSA) is 6.48 Å². The second-order valence-electron chi connectivity index (χ2n) is 16.3. The van der Waals surface area contributed by atoms with Gasteiger partial charge in [-0.2, -0.15) is 0 Å². The third kappa shape index (κ3) is 5.53. The number of allylic oxidation sites excluding steroid dienone is 3. The average molecular weight is 827 g/mol. The molecule has 1 aliphatic carbocycles. The lowest BCUT2D eigenvalue weighted by Gasteiger charge is -2.35.